The second kappa shape index (κ2) is 9.31. The first kappa shape index (κ1) is 22.5. The molecule has 0 saturated carbocycles. The molecule has 3 aromatic rings. The van der Waals surface area contributed by atoms with Crippen molar-refractivity contribution in [1.29, 1.82) is 0 Å². The largest absolute Gasteiger partial charge is 0.484 e. The molecule has 0 aliphatic carbocycles. The molecule has 8 heteroatoms. The molecule has 0 aromatic heterocycles. The number of benzene rings is 3. The summed E-state index contributed by atoms with van der Waals surface area (Å²) in [6, 6.07) is 15.7. The van der Waals surface area contributed by atoms with E-state index >= 15 is 0 Å². The van der Waals surface area contributed by atoms with Crippen molar-refractivity contribution >= 4 is 23.2 Å². The average molecular weight is 450 g/mol. The highest BCUT2D eigenvalue weighted by Crippen LogP contribution is 2.36. The Balaban J connectivity index is 1.56. The van der Waals surface area contributed by atoms with Crippen molar-refractivity contribution in [2.45, 2.75) is 20.0 Å². The van der Waals surface area contributed by atoms with Gasteiger partial charge in [-0.05, 0) is 79.6 Å². The van der Waals surface area contributed by atoms with Gasteiger partial charge in [-0.25, -0.2) is 0 Å². The summed E-state index contributed by atoms with van der Waals surface area (Å²) in [6.45, 7) is 3.59. The van der Waals surface area contributed by atoms with Crippen LogP contribution in [-0.2, 0) is 11.0 Å². The number of aryl methyl sites for hydroxylation is 2. The van der Waals surface area contributed by atoms with Crippen LogP contribution in [0.5, 0.6) is 17.2 Å². The Bertz CT molecular complexity index is 1060. The van der Waals surface area contributed by atoms with E-state index in [1.165, 1.54) is 6.07 Å². The minimum Gasteiger partial charge on any atom is -0.484 e. The number of amides is 1. The van der Waals surface area contributed by atoms with Crippen molar-refractivity contribution in [2.75, 3.05) is 11.9 Å². The number of anilines is 1. The average Bonchev–Trinajstić information content (AvgIpc) is 2.67. The second-order valence-corrected chi connectivity index (χ2v) is 7.33. The first-order valence-corrected chi connectivity index (χ1v) is 9.63. The summed E-state index contributed by atoms with van der Waals surface area (Å²) in [4.78, 5) is 12.0. The highest BCUT2D eigenvalue weighted by molar-refractivity contribution is 6.31. The summed E-state index contributed by atoms with van der Waals surface area (Å²) in [5.74, 6) is 1.12. The molecule has 4 nitrogen and oxygen atoms in total. The molecular formula is C23H19ClF3NO3. The van der Waals surface area contributed by atoms with Gasteiger partial charge < -0.3 is 14.8 Å². The van der Waals surface area contributed by atoms with Crippen LogP contribution in [0, 0.1) is 13.8 Å². The van der Waals surface area contributed by atoms with Gasteiger partial charge in [0.25, 0.3) is 5.91 Å². The Hall–Kier alpha value is -3.19. The van der Waals surface area contributed by atoms with Crippen LogP contribution in [-0.4, -0.2) is 12.5 Å². The minimum atomic E-state index is -4.62. The van der Waals surface area contributed by atoms with Crippen LogP contribution in [0.2, 0.25) is 5.02 Å². The Labute approximate surface area is 182 Å². The van der Waals surface area contributed by atoms with E-state index in [1.54, 1.807) is 24.3 Å². The molecule has 0 atom stereocenters. The highest BCUT2D eigenvalue weighted by Gasteiger charge is 2.33. The molecule has 3 aromatic carbocycles. The smallest absolute Gasteiger partial charge is 0.417 e. The second-order valence-electron chi connectivity index (χ2n) is 6.93. The van der Waals surface area contributed by atoms with E-state index in [-0.39, 0.29) is 12.3 Å². The molecule has 0 bridgehead atoms. The Morgan fingerprint density at radius 1 is 0.903 bits per heavy atom. The van der Waals surface area contributed by atoms with Crippen molar-refractivity contribution in [3.8, 4) is 17.2 Å². The first-order chi connectivity index (χ1) is 14.6. The van der Waals surface area contributed by atoms with Crippen molar-refractivity contribution in [2.24, 2.45) is 0 Å². The first-order valence-electron chi connectivity index (χ1n) is 9.26. The third-order valence-corrected chi connectivity index (χ3v) is 4.51. The van der Waals surface area contributed by atoms with Crippen LogP contribution in [0.15, 0.2) is 60.7 Å². The molecule has 1 amide bonds. The standard InChI is InChI=1S/C23H19ClF3NO3/c1-14-9-15(2)11-19(10-14)31-18-6-4-17(5-7-18)30-13-22(29)28-16-3-8-21(24)20(12-16)23(25,26)27/h3-12H,13H2,1-2H3,(H,28,29). The van der Waals surface area contributed by atoms with Gasteiger partial charge in [-0.1, -0.05) is 17.7 Å². The van der Waals surface area contributed by atoms with Gasteiger partial charge in [0.05, 0.1) is 10.6 Å². The summed E-state index contributed by atoms with van der Waals surface area (Å²) < 4.78 is 49.9. The predicted molar refractivity (Wildman–Crippen MR) is 113 cm³/mol. The lowest BCUT2D eigenvalue weighted by atomic mass is 10.1. The molecule has 0 radical (unpaired) electrons. The number of hydrogen-bond donors (Lipinski definition) is 1. The van der Waals surface area contributed by atoms with Gasteiger partial charge in [0.2, 0.25) is 0 Å². The van der Waals surface area contributed by atoms with Crippen molar-refractivity contribution in [1.82, 2.24) is 0 Å². The highest BCUT2D eigenvalue weighted by atomic mass is 35.5. The van der Waals surface area contributed by atoms with Crippen LogP contribution in [0.25, 0.3) is 0 Å². The molecule has 1 N–H and O–H groups in total. The monoisotopic (exact) mass is 449 g/mol. The maximum absolute atomic E-state index is 12.9. The number of rotatable bonds is 6. The van der Waals surface area contributed by atoms with Gasteiger partial charge in [-0.3, -0.25) is 4.79 Å². The van der Waals surface area contributed by atoms with Crippen molar-refractivity contribution < 1.29 is 27.4 Å². The number of hydrogen-bond acceptors (Lipinski definition) is 3. The molecule has 0 unspecified atom stereocenters. The number of carbonyl (C=O) groups excluding carboxylic acids is 1. The Morgan fingerprint density at radius 3 is 2.13 bits per heavy atom. The topological polar surface area (TPSA) is 47.6 Å². The zero-order valence-corrected chi connectivity index (χ0v) is 17.5. The van der Waals surface area contributed by atoms with E-state index in [2.05, 4.69) is 5.32 Å². The molecule has 31 heavy (non-hydrogen) atoms. The normalized spacial score (nSPS) is 11.2. The number of ether oxygens (including phenoxy) is 2. The number of alkyl halides is 3. The lowest BCUT2D eigenvalue weighted by Crippen LogP contribution is -2.20. The van der Waals surface area contributed by atoms with E-state index < -0.39 is 22.7 Å². The van der Waals surface area contributed by atoms with Crippen LogP contribution in [0.3, 0.4) is 0 Å². The fourth-order valence-corrected chi connectivity index (χ4v) is 3.12. The van der Waals surface area contributed by atoms with Gasteiger partial charge in [0.1, 0.15) is 17.2 Å². The maximum Gasteiger partial charge on any atom is 0.417 e. The number of carbonyl (C=O) groups is 1. The van der Waals surface area contributed by atoms with Gasteiger partial charge >= 0.3 is 6.18 Å². The van der Waals surface area contributed by atoms with Gasteiger partial charge in [0.15, 0.2) is 6.61 Å². The summed E-state index contributed by atoms with van der Waals surface area (Å²) in [7, 11) is 0. The molecule has 0 fully saturated rings. The summed E-state index contributed by atoms with van der Waals surface area (Å²) in [5.41, 5.74) is 1.13. The molecule has 0 aliphatic heterocycles. The number of nitrogens with one attached hydrogen (secondary N) is 1. The lowest BCUT2D eigenvalue weighted by Gasteiger charge is -2.12. The minimum absolute atomic E-state index is 0.0254. The van der Waals surface area contributed by atoms with E-state index in [1.807, 2.05) is 32.0 Å². The quantitative estimate of drug-likeness (QED) is 0.451. The summed E-state index contributed by atoms with van der Waals surface area (Å²) in [6.07, 6.45) is -4.62. The number of halogens is 4. The molecule has 3 rings (SSSR count). The van der Waals surface area contributed by atoms with E-state index in [0.717, 1.165) is 23.3 Å². The fourth-order valence-electron chi connectivity index (χ4n) is 2.90. The zero-order chi connectivity index (χ0) is 22.6. The van der Waals surface area contributed by atoms with Crippen LogP contribution < -0.4 is 14.8 Å². The Morgan fingerprint density at radius 2 is 1.52 bits per heavy atom. The molecule has 0 aliphatic rings. The van der Waals surface area contributed by atoms with Gasteiger partial charge in [0, 0.05) is 5.69 Å². The third-order valence-electron chi connectivity index (χ3n) is 4.18. The summed E-state index contributed by atoms with van der Waals surface area (Å²) in [5, 5.41) is 1.92. The predicted octanol–water partition coefficient (Wildman–Crippen LogP) is 6.79. The summed E-state index contributed by atoms with van der Waals surface area (Å²) >= 11 is 5.57. The molecule has 0 saturated heterocycles. The molecule has 0 heterocycles. The van der Waals surface area contributed by atoms with Gasteiger partial charge in [-0.2, -0.15) is 13.2 Å². The van der Waals surface area contributed by atoms with Crippen LogP contribution >= 0.6 is 11.6 Å². The van der Waals surface area contributed by atoms with Crippen molar-refractivity contribution in [3.63, 3.8) is 0 Å². The zero-order valence-electron chi connectivity index (χ0n) is 16.7. The lowest BCUT2D eigenvalue weighted by molar-refractivity contribution is -0.137. The third kappa shape index (κ3) is 6.39. The van der Waals surface area contributed by atoms with E-state index in [9.17, 15) is 18.0 Å². The molecular weight excluding hydrogens is 431 g/mol. The van der Waals surface area contributed by atoms with Crippen LogP contribution in [0.4, 0.5) is 18.9 Å². The van der Waals surface area contributed by atoms with Gasteiger partial charge in [-0.15, -0.1) is 0 Å². The van der Waals surface area contributed by atoms with Crippen molar-refractivity contribution in [3.05, 3.63) is 82.4 Å². The van der Waals surface area contributed by atoms with E-state index in [4.69, 9.17) is 21.1 Å². The van der Waals surface area contributed by atoms with Crippen LogP contribution in [0.1, 0.15) is 16.7 Å². The maximum atomic E-state index is 12.9. The fraction of sp³-hybridized carbons (Fsp3) is 0.174. The van der Waals surface area contributed by atoms with E-state index in [0.29, 0.717) is 17.2 Å². The molecule has 0 spiro atoms. The Kier molecular flexibility index (Phi) is 6.75. The molecule has 162 valence electrons. The SMILES string of the molecule is Cc1cc(C)cc(Oc2ccc(OCC(=O)Nc3ccc(Cl)c(C(F)(F)F)c3)cc2)c1.